The van der Waals surface area contributed by atoms with Crippen LogP contribution in [0, 0.1) is 0 Å². The van der Waals surface area contributed by atoms with Crippen molar-refractivity contribution in [3.8, 4) is 5.75 Å². The van der Waals surface area contributed by atoms with Crippen LogP contribution < -0.4 is 15.2 Å². The highest BCUT2D eigenvalue weighted by Gasteiger charge is 2.18. The first-order valence-corrected chi connectivity index (χ1v) is 7.93. The van der Waals surface area contributed by atoms with E-state index < -0.39 is 10.0 Å². The van der Waals surface area contributed by atoms with Crippen molar-refractivity contribution in [1.82, 2.24) is 4.72 Å². The Labute approximate surface area is 124 Å². The van der Waals surface area contributed by atoms with E-state index in [-0.39, 0.29) is 11.4 Å². The maximum absolute atomic E-state index is 12.4. The lowest BCUT2D eigenvalue weighted by molar-refractivity contribution is 0.413. The molecular formula is C14H18N2O4S. The van der Waals surface area contributed by atoms with Gasteiger partial charge in [0.25, 0.3) is 0 Å². The van der Waals surface area contributed by atoms with Crippen molar-refractivity contribution in [2.45, 2.75) is 17.9 Å². The number of nitrogens with one attached hydrogen (secondary N) is 1. The normalized spacial score (nSPS) is 11.5. The first kappa shape index (κ1) is 15.6. The summed E-state index contributed by atoms with van der Waals surface area (Å²) in [6.07, 6.45) is 3.45. The molecule has 0 saturated carbocycles. The molecular weight excluding hydrogens is 292 g/mol. The van der Waals surface area contributed by atoms with Crippen LogP contribution >= 0.6 is 0 Å². The minimum atomic E-state index is -3.62. The highest BCUT2D eigenvalue weighted by Crippen LogP contribution is 2.22. The van der Waals surface area contributed by atoms with Gasteiger partial charge in [-0.3, -0.25) is 0 Å². The second-order valence-electron chi connectivity index (χ2n) is 4.47. The molecule has 0 aliphatic heterocycles. The second-order valence-corrected chi connectivity index (χ2v) is 6.20. The Morgan fingerprint density at radius 2 is 2.14 bits per heavy atom. The van der Waals surface area contributed by atoms with Gasteiger partial charge in [0.15, 0.2) is 0 Å². The van der Waals surface area contributed by atoms with Crippen LogP contribution in [0.1, 0.15) is 11.1 Å². The summed E-state index contributed by atoms with van der Waals surface area (Å²) in [5.74, 6) is 0.604. The average Bonchev–Trinajstić information content (AvgIpc) is 2.99. The Morgan fingerprint density at radius 1 is 1.33 bits per heavy atom. The largest absolute Gasteiger partial charge is 0.497 e. The van der Waals surface area contributed by atoms with Crippen molar-refractivity contribution >= 4 is 10.0 Å². The van der Waals surface area contributed by atoms with Crippen LogP contribution in [0.3, 0.4) is 0 Å². The smallest absolute Gasteiger partial charge is 0.241 e. The monoisotopic (exact) mass is 310 g/mol. The maximum atomic E-state index is 12.4. The van der Waals surface area contributed by atoms with Gasteiger partial charge in [0, 0.05) is 12.1 Å². The lowest BCUT2D eigenvalue weighted by Gasteiger charge is -2.12. The van der Waals surface area contributed by atoms with Gasteiger partial charge >= 0.3 is 0 Å². The zero-order valence-electron chi connectivity index (χ0n) is 11.7. The van der Waals surface area contributed by atoms with E-state index in [9.17, 15) is 8.42 Å². The molecule has 2 aromatic rings. The Bertz CT molecular complexity index is 681. The fraction of sp³-hybridized carbons (Fsp3) is 0.286. The van der Waals surface area contributed by atoms with Crippen LogP contribution in [-0.2, 0) is 23.0 Å². The number of sulfonamides is 1. The van der Waals surface area contributed by atoms with E-state index in [1.807, 2.05) is 0 Å². The molecule has 0 unspecified atom stereocenters. The molecule has 0 atom stereocenters. The summed E-state index contributed by atoms with van der Waals surface area (Å²) in [5.41, 5.74) is 6.94. The number of methoxy groups -OCH3 is 1. The van der Waals surface area contributed by atoms with Gasteiger partial charge in [0.2, 0.25) is 10.0 Å². The minimum Gasteiger partial charge on any atom is -0.497 e. The van der Waals surface area contributed by atoms with E-state index in [1.54, 1.807) is 18.2 Å². The molecule has 6 nitrogen and oxygen atoms in total. The van der Waals surface area contributed by atoms with Gasteiger partial charge < -0.3 is 14.9 Å². The Hall–Kier alpha value is -1.83. The molecule has 0 saturated heterocycles. The molecule has 3 N–H and O–H groups in total. The first-order valence-electron chi connectivity index (χ1n) is 6.44. The number of rotatable bonds is 7. The molecule has 0 fully saturated rings. The summed E-state index contributed by atoms with van der Waals surface area (Å²) < 4.78 is 37.4. The maximum Gasteiger partial charge on any atom is 0.241 e. The van der Waals surface area contributed by atoms with Crippen LogP contribution in [0.5, 0.6) is 5.75 Å². The van der Waals surface area contributed by atoms with Gasteiger partial charge in [0.05, 0.1) is 24.5 Å². The molecule has 1 heterocycles. The first-order chi connectivity index (χ1) is 10.1. The molecule has 1 aromatic carbocycles. The van der Waals surface area contributed by atoms with E-state index in [1.165, 1.54) is 25.7 Å². The summed E-state index contributed by atoms with van der Waals surface area (Å²) >= 11 is 0. The molecule has 7 heteroatoms. The van der Waals surface area contributed by atoms with E-state index in [0.717, 1.165) is 5.56 Å². The SMILES string of the molecule is COc1ccc(S(=O)(=O)NCc2ccoc2)c(CCN)c1. The van der Waals surface area contributed by atoms with Crippen molar-refractivity contribution in [2.75, 3.05) is 13.7 Å². The van der Waals surface area contributed by atoms with E-state index >= 15 is 0 Å². The highest BCUT2D eigenvalue weighted by atomic mass is 32.2. The zero-order valence-corrected chi connectivity index (χ0v) is 12.5. The van der Waals surface area contributed by atoms with Crippen LogP contribution in [0.15, 0.2) is 46.1 Å². The Kier molecular flexibility index (Phi) is 5.00. The number of ether oxygens (including phenoxy) is 1. The third kappa shape index (κ3) is 3.84. The molecule has 0 bridgehead atoms. The van der Waals surface area contributed by atoms with Crippen molar-refractivity contribution in [3.05, 3.63) is 47.9 Å². The van der Waals surface area contributed by atoms with Crippen molar-refractivity contribution in [3.63, 3.8) is 0 Å². The average molecular weight is 310 g/mol. The summed E-state index contributed by atoms with van der Waals surface area (Å²) in [7, 11) is -2.08. The third-order valence-electron chi connectivity index (χ3n) is 3.02. The predicted molar refractivity (Wildman–Crippen MR) is 78.5 cm³/mol. The van der Waals surface area contributed by atoms with Crippen molar-refractivity contribution < 1.29 is 17.6 Å². The van der Waals surface area contributed by atoms with Crippen LogP contribution in [0.2, 0.25) is 0 Å². The van der Waals surface area contributed by atoms with Gasteiger partial charge in [-0.2, -0.15) is 0 Å². The van der Waals surface area contributed by atoms with E-state index in [4.69, 9.17) is 14.9 Å². The zero-order chi connectivity index (χ0) is 15.3. The molecule has 114 valence electrons. The van der Waals surface area contributed by atoms with Gasteiger partial charge in [-0.05, 0) is 42.8 Å². The highest BCUT2D eigenvalue weighted by molar-refractivity contribution is 7.89. The third-order valence-corrected chi connectivity index (χ3v) is 4.52. The Morgan fingerprint density at radius 3 is 2.76 bits per heavy atom. The van der Waals surface area contributed by atoms with Gasteiger partial charge in [0.1, 0.15) is 5.75 Å². The standard InChI is InChI=1S/C14H18N2O4S/c1-19-13-2-3-14(12(8-13)4-6-15)21(17,18)16-9-11-5-7-20-10-11/h2-3,5,7-8,10,16H,4,6,9,15H2,1H3. The number of nitrogens with two attached hydrogens (primary N) is 1. The molecule has 0 spiro atoms. The summed E-state index contributed by atoms with van der Waals surface area (Å²) in [6.45, 7) is 0.532. The molecule has 0 aliphatic rings. The number of furan rings is 1. The lowest BCUT2D eigenvalue weighted by atomic mass is 10.1. The van der Waals surface area contributed by atoms with E-state index in [2.05, 4.69) is 4.72 Å². The predicted octanol–water partition coefficient (Wildman–Crippen LogP) is 1.27. The van der Waals surface area contributed by atoms with Crippen LogP contribution in [-0.4, -0.2) is 22.1 Å². The lowest BCUT2D eigenvalue weighted by Crippen LogP contribution is -2.24. The summed E-state index contributed by atoms with van der Waals surface area (Å²) in [5, 5.41) is 0. The number of hydrogen-bond acceptors (Lipinski definition) is 5. The molecule has 1 aromatic heterocycles. The fourth-order valence-electron chi connectivity index (χ4n) is 1.95. The quantitative estimate of drug-likeness (QED) is 0.803. The molecule has 21 heavy (non-hydrogen) atoms. The summed E-state index contributed by atoms with van der Waals surface area (Å²) in [6, 6.07) is 6.55. The number of hydrogen-bond donors (Lipinski definition) is 2. The number of benzene rings is 1. The molecule has 0 radical (unpaired) electrons. The van der Waals surface area contributed by atoms with E-state index in [0.29, 0.717) is 24.3 Å². The Balaban J connectivity index is 2.25. The topological polar surface area (TPSA) is 94.6 Å². The fourth-order valence-corrected chi connectivity index (χ4v) is 3.21. The van der Waals surface area contributed by atoms with Gasteiger partial charge in [-0.15, -0.1) is 0 Å². The van der Waals surface area contributed by atoms with Crippen molar-refractivity contribution in [1.29, 1.82) is 0 Å². The minimum absolute atomic E-state index is 0.174. The van der Waals surface area contributed by atoms with Crippen LogP contribution in [0.25, 0.3) is 0 Å². The van der Waals surface area contributed by atoms with Gasteiger partial charge in [-0.25, -0.2) is 13.1 Å². The summed E-state index contributed by atoms with van der Waals surface area (Å²) in [4.78, 5) is 0.220. The molecule has 0 aliphatic carbocycles. The molecule has 2 rings (SSSR count). The van der Waals surface area contributed by atoms with Crippen LogP contribution in [0.4, 0.5) is 0 Å². The molecule has 0 amide bonds. The van der Waals surface area contributed by atoms with Crippen molar-refractivity contribution in [2.24, 2.45) is 5.73 Å². The van der Waals surface area contributed by atoms with Gasteiger partial charge in [-0.1, -0.05) is 0 Å². The second kappa shape index (κ2) is 6.75.